The Balaban J connectivity index is 5.07. The lowest BCUT2D eigenvalue weighted by Gasteiger charge is -2.30. The fourth-order valence-corrected chi connectivity index (χ4v) is 1.09. The number of rotatable bonds is 6. The highest BCUT2D eigenvalue weighted by Crippen LogP contribution is 2.49. The average Bonchev–Trinajstić information content (AvgIpc) is 2.14. The lowest BCUT2D eigenvalue weighted by Crippen LogP contribution is -2.55. The molecule has 1 nitrogen and oxygen atoms in total. The first-order chi connectivity index (χ1) is 8.19. The second kappa shape index (κ2) is 5.54. The molecule has 0 aliphatic rings. The smallest absolute Gasteiger partial charge is 0.273 e. The van der Waals surface area contributed by atoms with Crippen molar-refractivity contribution in [3.05, 3.63) is 6.92 Å². The summed E-state index contributed by atoms with van der Waals surface area (Å²) in [6, 6.07) is 0. The summed E-state index contributed by atoms with van der Waals surface area (Å²) in [4.78, 5) is 0. The van der Waals surface area contributed by atoms with Gasteiger partial charge in [-0.3, -0.25) is 4.74 Å². The van der Waals surface area contributed by atoms with Crippen LogP contribution in [0.2, 0.25) is 0 Å². The Hall–Kier alpha value is -0.390. The van der Waals surface area contributed by atoms with Crippen LogP contribution in [0.4, 0.5) is 43.9 Å². The molecule has 0 aliphatic heterocycles. The summed E-state index contributed by atoms with van der Waals surface area (Å²) >= 11 is -0.703. The van der Waals surface area contributed by atoms with Crippen molar-refractivity contribution in [2.24, 2.45) is 0 Å². The molecule has 0 N–H and O–H groups in total. The van der Waals surface area contributed by atoms with Gasteiger partial charge in [0.1, 0.15) is 0 Å². The molecule has 0 amide bonds. The number of ether oxygens (including phenoxy) is 1. The van der Waals surface area contributed by atoms with Crippen LogP contribution >= 0.6 is 11.8 Å². The van der Waals surface area contributed by atoms with Gasteiger partial charge in [0.05, 0.1) is 0 Å². The van der Waals surface area contributed by atoms with Gasteiger partial charge >= 0.3 is 23.5 Å². The minimum Gasteiger partial charge on any atom is -0.273 e. The SMILES string of the molecule is [CH2]CSC(F)(F)C(F)OC(F)(F)C(F)(F)C(F)(F)F. The summed E-state index contributed by atoms with van der Waals surface area (Å²) in [6.45, 7) is 2.78. The summed E-state index contributed by atoms with van der Waals surface area (Å²) in [6.07, 6.45) is -17.7. The number of hydrogen-bond acceptors (Lipinski definition) is 2. The molecule has 1 unspecified atom stereocenters. The van der Waals surface area contributed by atoms with Gasteiger partial charge in [-0.05, 0) is 12.7 Å². The second-order valence-electron chi connectivity index (χ2n) is 2.93. The van der Waals surface area contributed by atoms with Crippen LogP contribution in [0.5, 0.6) is 0 Å². The number of hydrogen-bond donors (Lipinski definition) is 0. The lowest BCUT2D eigenvalue weighted by atomic mass is 10.3. The Labute approximate surface area is 104 Å². The molecule has 0 aliphatic carbocycles. The number of alkyl halides is 10. The van der Waals surface area contributed by atoms with Crippen LogP contribution < -0.4 is 0 Å². The van der Waals surface area contributed by atoms with Crippen LogP contribution in [0.1, 0.15) is 0 Å². The molecule has 0 saturated carbocycles. The molecular formula is C7H5F10OS. The molecule has 1 radical (unpaired) electrons. The predicted octanol–water partition coefficient (Wildman–Crippen LogP) is 4.25. The van der Waals surface area contributed by atoms with Crippen LogP contribution in [0, 0.1) is 6.92 Å². The molecule has 0 saturated heterocycles. The number of halogens is 10. The van der Waals surface area contributed by atoms with Gasteiger partial charge in [0.15, 0.2) is 0 Å². The van der Waals surface area contributed by atoms with E-state index in [0.717, 1.165) is 0 Å². The molecule has 0 bridgehead atoms. The lowest BCUT2D eigenvalue weighted by molar-refractivity contribution is -0.446. The summed E-state index contributed by atoms with van der Waals surface area (Å²) < 4.78 is 124. The maximum Gasteiger partial charge on any atom is 0.462 e. The summed E-state index contributed by atoms with van der Waals surface area (Å²) in [7, 11) is 0. The fraction of sp³-hybridized carbons (Fsp3) is 0.857. The van der Waals surface area contributed by atoms with Gasteiger partial charge in [-0.15, -0.1) is 0 Å². The van der Waals surface area contributed by atoms with Crippen molar-refractivity contribution in [2.75, 3.05) is 5.75 Å². The van der Waals surface area contributed by atoms with E-state index >= 15 is 0 Å². The summed E-state index contributed by atoms with van der Waals surface area (Å²) in [5.41, 5.74) is 0. The van der Waals surface area contributed by atoms with E-state index in [1.54, 1.807) is 0 Å². The highest BCUT2D eigenvalue weighted by molar-refractivity contribution is 8.00. The molecule has 19 heavy (non-hydrogen) atoms. The minimum absolute atomic E-state index is 0.703. The van der Waals surface area contributed by atoms with E-state index in [-0.39, 0.29) is 0 Å². The van der Waals surface area contributed by atoms with Crippen molar-refractivity contribution >= 4 is 11.8 Å². The van der Waals surface area contributed by atoms with Gasteiger partial charge in [-0.25, -0.2) is 4.39 Å². The second-order valence-corrected chi connectivity index (χ2v) is 4.17. The van der Waals surface area contributed by atoms with Crippen molar-refractivity contribution in [3.8, 4) is 0 Å². The normalized spacial score (nSPS) is 16.6. The molecule has 1 atom stereocenters. The van der Waals surface area contributed by atoms with Gasteiger partial charge in [0, 0.05) is 0 Å². The maximum atomic E-state index is 12.6. The average molecular weight is 327 g/mol. The molecule has 0 aromatic rings. The van der Waals surface area contributed by atoms with E-state index in [1.165, 1.54) is 0 Å². The molecule has 0 fully saturated rings. The monoisotopic (exact) mass is 327 g/mol. The standard InChI is InChI=1S/C7H5F10OS/c1-2-19-4(9,10)3(8)18-7(16,17)5(11,12)6(13,14)15/h3H,1-2H2. The first kappa shape index (κ1) is 18.6. The Morgan fingerprint density at radius 2 is 1.37 bits per heavy atom. The van der Waals surface area contributed by atoms with Crippen molar-refractivity contribution in [1.29, 1.82) is 0 Å². The van der Waals surface area contributed by atoms with E-state index in [0.29, 0.717) is 0 Å². The molecular weight excluding hydrogens is 322 g/mol. The van der Waals surface area contributed by atoms with Crippen LogP contribution in [-0.4, -0.2) is 35.6 Å². The van der Waals surface area contributed by atoms with Gasteiger partial charge in [0.25, 0.3) is 6.36 Å². The van der Waals surface area contributed by atoms with Gasteiger partial charge in [-0.1, -0.05) is 11.8 Å². The molecule has 115 valence electrons. The first-order valence-corrected chi connectivity index (χ1v) is 5.13. The summed E-state index contributed by atoms with van der Waals surface area (Å²) in [5, 5.41) is -4.76. The highest BCUT2D eigenvalue weighted by atomic mass is 32.2. The zero-order chi connectivity index (χ0) is 15.7. The summed E-state index contributed by atoms with van der Waals surface area (Å²) in [5.74, 6) is -7.59. The van der Waals surface area contributed by atoms with E-state index in [9.17, 15) is 43.9 Å². The van der Waals surface area contributed by atoms with Gasteiger partial charge in [0.2, 0.25) is 0 Å². The Kier molecular flexibility index (Phi) is 5.43. The molecule has 0 aromatic heterocycles. The van der Waals surface area contributed by atoms with Crippen LogP contribution in [0.25, 0.3) is 0 Å². The predicted molar refractivity (Wildman–Crippen MR) is 44.7 cm³/mol. The van der Waals surface area contributed by atoms with Gasteiger partial charge in [-0.2, -0.15) is 39.5 Å². The van der Waals surface area contributed by atoms with Gasteiger partial charge < -0.3 is 0 Å². The van der Waals surface area contributed by atoms with E-state index in [2.05, 4.69) is 11.7 Å². The maximum absolute atomic E-state index is 12.6. The quantitative estimate of drug-likeness (QED) is 0.675. The Morgan fingerprint density at radius 3 is 1.68 bits per heavy atom. The zero-order valence-corrected chi connectivity index (χ0v) is 9.40. The largest absolute Gasteiger partial charge is 0.462 e. The molecule has 0 spiro atoms. The van der Waals surface area contributed by atoms with Crippen molar-refractivity contribution < 1.29 is 48.6 Å². The van der Waals surface area contributed by atoms with Crippen molar-refractivity contribution in [1.82, 2.24) is 0 Å². The number of thioether (sulfide) groups is 1. The van der Waals surface area contributed by atoms with E-state index < -0.39 is 47.3 Å². The third-order valence-electron chi connectivity index (χ3n) is 1.53. The first-order valence-electron chi connectivity index (χ1n) is 4.14. The topological polar surface area (TPSA) is 9.23 Å². The van der Waals surface area contributed by atoms with Crippen molar-refractivity contribution in [3.63, 3.8) is 0 Å². The van der Waals surface area contributed by atoms with Crippen LogP contribution in [0.15, 0.2) is 0 Å². The molecule has 0 heterocycles. The fourth-order valence-electron chi connectivity index (χ4n) is 0.639. The zero-order valence-electron chi connectivity index (χ0n) is 8.59. The highest BCUT2D eigenvalue weighted by Gasteiger charge is 2.75. The van der Waals surface area contributed by atoms with Crippen LogP contribution in [-0.2, 0) is 4.74 Å². The van der Waals surface area contributed by atoms with E-state index in [4.69, 9.17) is 0 Å². The minimum atomic E-state index is -6.82. The molecule has 12 heteroatoms. The third kappa shape index (κ3) is 4.04. The van der Waals surface area contributed by atoms with Crippen LogP contribution in [0.3, 0.4) is 0 Å². The Morgan fingerprint density at radius 1 is 0.947 bits per heavy atom. The van der Waals surface area contributed by atoms with E-state index in [1.807, 2.05) is 0 Å². The molecule has 0 rings (SSSR count). The van der Waals surface area contributed by atoms with Crippen molar-refractivity contribution in [2.45, 2.75) is 29.8 Å². The third-order valence-corrected chi connectivity index (χ3v) is 2.31. The Bertz CT molecular complexity index is 301. The molecule has 0 aromatic carbocycles.